The van der Waals surface area contributed by atoms with Crippen molar-refractivity contribution in [1.29, 1.82) is 0 Å². The zero-order valence-electron chi connectivity index (χ0n) is 7.26. The van der Waals surface area contributed by atoms with Crippen LogP contribution in [0.1, 0.15) is 5.69 Å². The SMILES string of the molecule is NCc1cnc(-n2cc(Cl)cn2)cn1. The van der Waals surface area contributed by atoms with E-state index < -0.39 is 0 Å². The summed E-state index contributed by atoms with van der Waals surface area (Å²) in [5.41, 5.74) is 6.14. The molecule has 0 saturated carbocycles. The number of aromatic nitrogens is 4. The summed E-state index contributed by atoms with van der Waals surface area (Å²) in [5.74, 6) is 0.620. The van der Waals surface area contributed by atoms with Crippen LogP contribution in [0.5, 0.6) is 0 Å². The lowest BCUT2D eigenvalue weighted by atomic mass is 10.4. The number of halogens is 1. The Kier molecular flexibility index (Phi) is 2.43. The second kappa shape index (κ2) is 3.73. The van der Waals surface area contributed by atoms with Crippen LogP contribution in [-0.2, 0) is 6.54 Å². The highest BCUT2D eigenvalue weighted by atomic mass is 35.5. The number of hydrogen-bond donors (Lipinski definition) is 1. The fraction of sp³-hybridized carbons (Fsp3) is 0.125. The number of nitrogens with zero attached hydrogens (tertiary/aromatic N) is 4. The normalized spacial score (nSPS) is 10.4. The maximum Gasteiger partial charge on any atom is 0.171 e. The molecule has 0 radical (unpaired) electrons. The molecule has 0 aliphatic carbocycles. The van der Waals surface area contributed by atoms with Crippen LogP contribution in [0, 0.1) is 0 Å². The first-order chi connectivity index (χ1) is 6.79. The monoisotopic (exact) mass is 209 g/mol. The third-order valence-electron chi connectivity index (χ3n) is 1.69. The fourth-order valence-electron chi connectivity index (χ4n) is 0.998. The van der Waals surface area contributed by atoms with Crippen molar-refractivity contribution in [1.82, 2.24) is 19.7 Å². The Morgan fingerprint density at radius 1 is 1.29 bits per heavy atom. The first-order valence-corrected chi connectivity index (χ1v) is 4.39. The molecule has 14 heavy (non-hydrogen) atoms. The Hall–Kier alpha value is -1.46. The van der Waals surface area contributed by atoms with Gasteiger partial charge >= 0.3 is 0 Å². The van der Waals surface area contributed by atoms with Crippen LogP contribution >= 0.6 is 11.6 Å². The minimum atomic E-state index is 0.382. The van der Waals surface area contributed by atoms with Gasteiger partial charge in [0.2, 0.25) is 0 Å². The molecule has 2 rings (SSSR count). The first-order valence-electron chi connectivity index (χ1n) is 4.01. The highest BCUT2D eigenvalue weighted by Gasteiger charge is 2.00. The largest absolute Gasteiger partial charge is 0.325 e. The summed E-state index contributed by atoms with van der Waals surface area (Å²) in [6, 6.07) is 0. The summed E-state index contributed by atoms with van der Waals surface area (Å²) in [6.07, 6.45) is 6.42. The predicted molar refractivity (Wildman–Crippen MR) is 52.1 cm³/mol. The maximum atomic E-state index is 5.72. The highest BCUT2D eigenvalue weighted by Crippen LogP contribution is 2.08. The first kappa shape index (κ1) is 9.11. The average Bonchev–Trinajstić information content (AvgIpc) is 2.65. The van der Waals surface area contributed by atoms with Gasteiger partial charge in [-0.2, -0.15) is 5.10 Å². The molecule has 0 aliphatic rings. The molecule has 2 aromatic heterocycles. The van der Waals surface area contributed by atoms with Gasteiger partial charge < -0.3 is 5.73 Å². The quantitative estimate of drug-likeness (QED) is 0.794. The van der Waals surface area contributed by atoms with Gasteiger partial charge in [0, 0.05) is 6.54 Å². The van der Waals surface area contributed by atoms with E-state index in [-0.39, 0.29) is 0 Å². The molecule has 0 spiro atoms. The summed E-state index contributed by atoms with van der Waals surface area (Å²) in [6.45, 7) is 0.382. The molecule has 0 bridgehead atoms. The van der Waals surface area contributed by atoms with Gasteiger partial charge in [0.05, 0.1) is 35.5 Å². The van der Waals surface area contributed by atoms with Gasteiger partial charge in [0.1, 0.15) is 0 Å². The molecule has 2 N–H and O–H groups in total. The van der Waals surface area contributed by atoms with E-state index in [9.17, 15) is 0 Å². The lowest BCUT2D eigenvalue weighted by molar-refractivity contribution is 0.825. The van der Waals surface area contributed by atoms with Gasteiger partial charge in [-0.3, -0.25) is 4.98 Å². The van der Waals surface area contributed by atoms with Crippen LogP contribution in [0.25, 0.3) is 5.82 Å². The van der Waals surface area contributed by atoms with Gasteiger partial charge in [-0.25, -0.2) is 9.67 Å². The lowest BCUT2D eigenvalue weighted by Crippen LogP contribution is -2.03. The van der Waals surface area contributed by atoms with E-state index >= 15 is 0 Å². The van der Waals surface area contributed by atoms with E-state index in [2.05, 4.69) is 15.1 Å². The Labute approximate surface area is 85.5 Å². The maximum absolute atomic E-state index is 5.72. The van der Waals surface area contributed by atoms with Gasteiger partial charge in [-0.05, 0) is 0 Å². The number of nitrogens with two attached hydrogens (primary N) is 1. The standard InChI is InChI=1S/C8H8ClN5/c9-6-2-13-14(5-6)8-4-11-7(1-10)3-12-8/h2-5H,1,10H2. The van der Waals surface area contributed by atoms with Crippen LogP contribution in [0.4, 0.5) is 0 Å². The van der Waals surface area contributed by atoms with E-state index in [1.807, 2.05) is 0 Å². The molecule has 5 nitrogen and oxygen atoms in total. The fourth-order valence-corrected chi connectivity index (χ4v) is 1.13. The number of rotatable bonds is 2. The van der Waals surface area contributed by atoms with E-state index in [0.717, 1.165) is 5.69 Å². The Morgan fingerprint density at radius 3 is 2.64 bits per heavy atom. The topological polar surface area (TPSA) is 69.6 Å². The molecule has 6 heteroatoms. The molecular weight excluding hydrogens is 202 g/mol. The molecule has 2 aromatic rings. The predicted octanol–water partition coefficient (Wildman–Crippen LogP) is 0.774. The van der Waals surface area contributed by atoms with E-state index in [4.69, 9.17) is 17.3 Å². The minimum Gasteiger partial charge on any atom is -0.325 e. The van der Waals surface area contributed by atoms with Crippen LogP contribution in [0.3, 0.4) is 0 Å². The van der Waals surface area contributed by atoms with Gasteiger partial charge in [0.25, 0.3) is 0 Å². The third-order valence-corrected chi connectivity index (χ3v) is 1.88. The highest BCUT2D eigenvalue weighted by molar-refractivity contribution is 6.30. The summed E-state index contributed by atoms with van der Waals surface area (Å²) in [7, 11) is 0. The van der Waals surface area contributed by atoms with Gasteiger partial charge in [0.15, 0.2) is 5.82 Å². The zero-order chi connectivity index (χ0) is 9.97. The van der Waals surface area contributed by atoms with Crippen molar-refractivity contribution in [2.24, 2.45) is 5.73 Å². The van der Waals surface area contributed by atoms with E-state index in [1.54, 1.807) is 29.5 Å². The smallest absolute Gasteiger partial charge is 0.171 e. The lowest BCUT2D eigenvalue weighted by Gasteiger charge is -1.99. The third kappa shape index (κ3) is 1.73. The molecule has 0 aliphatic heterocycles. The molecule has 2 heterocycles. The Balaban J connectivity index is 2.33. The molecule has 0 fully saturated rings. The molecule has 0 amide bonds. The average molecular weight is 210 g/mol. The Bertz CT molecular complexity index is 422. The van der Waals surface area contributed by atoms with Crippen molar-refractivity contribution < 1.29 is 0 Å². The van der Waals surface area contributed by atoms with E-state index in [0.29, 0.717) is 17.4 Å². The van der Waals surface area contributed by atoms with Crippen LogP contribution in [-0.4, -0.2) is 19.7 Å². The van der Waals surface area contributed by atoms with Crippen LogP contribution in [0.15, 0.2) is 24.8 Å². The second-order valence-electron chi connectivity index (χ2n) is 2.67. The Morgan fingerprint density at radius 2 is 2.14 bits per heavy atom. The van der Waals surface area contributed by atoms with Crippen molar-refractivity contribution in [2.75, 3.05) is 0 Å². The second-order valence-corrected chi connectivity index (χ2v) is 3.11. The van der Waals surface area contributed by atoms with Crippen LogP contribution < -0.4 is 5.73 Å². The summed E-state index contributed by atoms with van der Waals surface area (Å²) < 4.78 is 1.55. The van der Waals surface area contributed by atoms with Crippen molar-refractivity contribution in [3.63, 3.8) is 0 Å². The summed E-state index contributed by atoms with van der Waals surface area (Å²) in [5, 5.41) is 4.56. The minimum absolute atomic E-state index is 0.382. The molecule has 0 unspecified atom stereocenters. The summed E-state index contributed by atoms with van der Waals surface area (Å²) >= 11 is 5.72. The van der Waals surface area contributed by atoms with Crippen molar-refractivity contribution in [2.45, 2.75) is 6.54 Å². The summed E-state index contributed by atoms with van der Waals surface area (Å²) in [4.78, 5) is 8.22. The number of hydrogen-bond acceptors (Lipinski definition) is 4. The molecule has 0 saturated heterocycles. The van der Waals surface area contributed by atoms with Crippen LogP contribution in [0.2, 0.25) is 5.02 Å². The van der Waals surface area contributed by atoms with Crippen molar-refractivity contribution in [3.05, 3.63) is 35.5 Å². The van der Waals surface area contributed by atoms with Crippen molar-refractivity contribution >= 4 is 11.6 Å². The zero-order valence-corrected chi connectivity index (χ0v) is 8.02. The molecule has 0 atom stereocenters. The van der Waals surface area contributed by atoms with E-state index in [1.165, 1.54) is 0 Å². The molecule has 0 aromatic carbocycles. The van der Waals surface area contributed by atoms with Crippen molar-refractivity contribution in [3.8, 4) is 5.82 Å². The molecular formula is C8H8ClN5. The molecule has 72 valence electrons. The van der Waals surface area contributed by atoms with Gasteiger partial charge in [-0.1, -0.05) is 11.6 Å². The van der Waals surface area contributed by atoms with Gasteiger partial charge in [-0.15, -0.1) is 0 Å².